The molecule has 0 aliphatic heterocycles. The molecule has 0 amide bonds. The van der Waals surface area contributed by atoms with Crippen LogP contribution in [-0.2, 0) is 0 Å². The highest BCUT2D eigenvalue weighted by Gasteiger charge is 2.02. The highest BCUT2D eigenvalue weighted by molar-refractivity contribution is 5.35. The second-order valence-electron chi connectivity index (χ2n) is 2.71. The number of benzene rings is 1. The first-order valence-corrected chi connectivity index (χ1v) is 4.00. The van der Waals surface area contributed by atoms with E-state index in [4.69, 9.17) is 5.26 Å². The molecule has 0 aliphatic carbocycles. The lowest BCUT2D eigenvalue weighted by Crippen LogP contribution is -1.95. The molecule has 3 nitrogen and oxygen atoms in total. The molecule has 68 valence electrons. The lowest BCUT2D eigenvalue weighted by atomic mass is 10.3. The van der Waals surface area contributed by atoms with Gasteiger partial charge in [-0.05, 0) is 24.3 Å². The highest BCUT2D eigenvalue weighted by Crippen LogP contribution is 2.10. The number of aromatic nitrogens is 2. The number of hydrogen-bond acceptors (Lipinski definition) is 2. The molecule has 0 aliphatic rings. The predicted molar refractivity (Wildman–Crippen MR) is 48.2 cm³/mol. The molecule has 0 fully saturated rings. The normalized spacial score (nSPS) is 9.71. The molecule has 0 saturated carbocycles. The van der Waals surface area contributed by atoms with Gasteiger partial charge in [-0.15, -0.1) is 0 Å². The first-order chi connectivity index (χ1) is 6.81. The van der Waals surface area contributed by atoms with Crippen molar-refractivity contribution < 1.29 is 4.39 Å². The van der Waals surface area contributed by atoms with Gasteiger partial charge in [0.05, 0.1) is 0 Å². The van der Waals surface area contributed by atoms with Crippen molar-refractivity contribution in [1.29, 1.82) is 5.26 Å². The maximum Gasteiger partial charge on any atom is 0.217 e. The molecule has 0 N–H and O–H groups in total. The van der Waals surface area contributed by atoms with Crippen molar-refractivity contribution >= 4 is 0 Å². The maximum atomic E-state index is 12.6. The van der Waals surface area contributed by atoms with Crippen LogP contribution in [0.3, 0.4) is 0 Å². The van der Waals surface area contributed by atoms with Gasteiger partial charge in [-0.25, -0.2) is 9.37 Å². The van der Waals surface area contributed by atoms with E-state index in [2.05, 4.69) is 4.98 Å². The third-order valence-corrected chi connectivity index (χ3v) is 1.85. The Balaban J connectivity index is 2.50. The summed E-state index contributed by atoms with van der Waals surface area (Å²) in [5, 5.41) is 8.72. The van der Waals surface area contributed by atoms with Crippen molar-refractivity contribution in [1.82, 2.24) is 9.55 Å². The van der Waals surface area contributed by atoms with Crippen molar-refractivity contribution in [2.75, 3.05) is 0 Å². The topological polar surface area (TPSA) is 41.6 Å². The summed E-state index contributed by atoms with van der Waals surface area (Å²) in [6, 6.07) is 7.82. The highest BCUT2D eigenvalue weighted by atomic mass is 19.1. The van der Waals surface area contributed by atoms with Crippen molar-refractivity contribution in [3.05, 3.63) is 48.3 Å². The van der Waals surface area contributed by atoms with Crippen LogP contribution in [0.1, 0.15) is 5.82 Å². The lowest BCUT2D eigenvalue weighted by Gasteiger charge is -2.01. The van der Waals surface area contributed by atoms with Gasteiger partial charge < -0.3 is 0 Å². The van der Waals surface area contributed by atoms with Gasteiger partial charge in [-0.3, -0.25) is 4.57 Å². The van der Waals surface area contributed by atoms with Crippen LogP contribution in [0.5, 0.6) is 0 Å². The fraction of sp³-hybridized carbons (Fsp3) is 0. The van der Waals surface area contributed by atoms with Crippen LogP contribution in [0.4, 0.5) is 4.39 Å². The Bertz CT molecular complexity index is 479. The third kappa shape index (κ3) is 1.36. The summed E-state index contributed by atoms with van der Waals surface area (Å²) in [4.78, 5) is 3.84. The van der Waals surface area contributed by atoms with Crippen molar-refractivity contribution in [3.8, 4) is 11.8 Å². The number of rotatable bonds is 1. The molecule has 0 spiro atoms. The molecule has 0 unspecified atom stereocenters. The standard InChI is InChI=1S/C10H6FN3/c11-8-1-3-9(4-2-8)14-6-5-13-10(14)7-12/h1-6H. The van der Waals surface area contributed by atoms with Gasteiger partial charge in [-0.2, -0.15) is 5.26 Å². The van der Waals surface area contributed by atoms with Crippen LogP contribution in [0.2, 0.25) is 0 Å². The Morgan fingerprint density at radius 3 is 2.64 bits per heavy atom. The average Bonchev–Trinajstić information content (AvgIpc) is 2.67. The minimum atomic E-state index is -0.299. The molecule has 0 radical (unpaired) electrons. The van der Waals surface area contributed by atoms with E-state index in [-0.39, 0.29) is 11.6 Å². The van der Waals surface area contributed by atoms with Gasteiger partial charge in [0.2, 0.25) is 5.82 Å². The molecule has 1 aromatic heterocycles. The lowest BCUT2D eigenvalue weighted by molar-refractivity contribution is 0.627. The fourth-order valence-electron chi connectivity index (χ4n) is 1.20. The predicted octanol–water partition coefficient (Wildman–Crippen LogP) is 1.88. The Morgan fingerprint density at radius 1 is 1.29 bits per heavy atom. The number of nitrogens with zero attached hydrogens (tertiary/aromatic N) is 3. The van der Waals surface area contributed by atoms with Crippen LogP contribution in [0.15, 0.2) is 36.7 Å². The number of halogens is 1. The zero-order chi connectivity index (χ0) is 9.97. The second-order valence-corrected chi connectivity index (χ2v) is 2.71. The summed E-state index contributed by atoms with van der Waals surface area (Å²) in [6.07, 6.45) is 3.19. The molecule has 0 saturated heterocycles. The first-order valence-electron chi connectivity index (χ1n) is 4.00. The quantitative estimate of drug-likeness (QED) is 0.684. The Labute approximate surface area is 80.1 Å². The number of imidazole rings is 1. The summed E-state index contributed by atoms with van der Waals surface area (Å²) >= 11 is 0. The first kappa shape index (κ1) is 8.45. The zero-order valence-electron chi connectivity index (χ0n) is 7.18. The van der Waals surface area contributed by atoms with Crippen molar-refractivity contribution in [2.24, 2.45) is 0 Å². The van der Waals surface area contributed by atoms with Crippen LogP contribution in [-0.4, -0.2) is 9.55 Å². The summed E-state index contributed by atoms with van der Waals surface area (Å²) < 4.78 is 14.2. The van der Waals surface area contributed by atoms with Crippen molar-refractivity contribution in [2.45, 2.75) is 0 Å². The van der Waals surface area contributed by atoms with Gasteiger partial charge >= 0.3 is 0 Å². The maximum absolute atomic E-state index is 12.6. The SMILES string of the molecule is N#Cc1nccn1-c1ccc(F)cc1. The monoisotopic (exact) mass is 187 g/mol. The summed E-state index contributed by atoms with van der Waals surface area (Å²) in [6.45, 7) is 0. The fourth-order valence-corrected chi connectivity index (χ4v) is 1.20. The molecule has 0 bridgehead atoms. The van der Waals surface area contributed by atoms with E-state index < -0.39 is 0 Å². The van der Waals surface area contributed by atoms with Gasteiger partial charge in [0.1, 0.15) is 11.9 Å². The van der Waals surface area contributed by atoms with Gasteiger partial charge in [0.25, 0.3) is 0 Å². The van der Waals surface area contributed by atoms with E-state index in [1.807, 2.05) is 6.07 Å². The van der Waals surface area contributed by atoms with Crippen LogP contribution in [0, 0.1) is 17.1 Å². The number of hydrogen-bond donors (Lipinski definition) is 0. The van der Waals surface area contributed by atoms with Gasteiger partial charge in [-0.1, -0.05) is 0 Å². The summed E-state index contributed by atoms with van der Waals surface area (Å²) in [5.41, 5.74) is 0.723. The van der Waals surface area contributed by atoms with E-state index in [1.54, 1.807) is 22.9 Å². The molecule has 1 heterocycles. The summed E-state index contributed by atoms with van der Waals surface area (Å²) in [5.74, 6) is -0.0102. The van der Waals surface area contributed by atoms with Crippen LogP contribution in [0.25, 0.3) is 5.69 Å². The van der Waals surface area contributed by atoms with Gasteiger partial charge in [0.15, 0.2) is 0 Å². The molecule has 1 aromatic carbocycles. The summed E-state index contributed by atoms with van der Waals surface area (Å²) in [7, 11) is 0. The Morgan fingerprint density at radius 2 is 2.00 bits per heavy atom. The Kier molecular flexibility index (Phi) is 1.99. The molecule has 14 heavy (non-hydrogen) atoms. The van der Waals surface area contributed by atoms with Crippen molar-refractivity contribution in [3.63, 3.8) is 0 Å². The number of nitriles is 1. The molecule has 0 atom stereocenters. The van der Waals surface area contributed by atoms with Gasteiger partial charge in [0, 0.05) is 18.1 Å². The second kappa shape index (κ2) is 3.30. The average molecular weight is 187 g/mol. The molecular formula is C10H6FN3. The molecular weight excluding hydrogens is 181 g/mol. The molecule has 2 aromatic rings. The molecule has 4 heteroatoms. The smallest absolute Gasteiger partial charge is 0.217 e. The van der Waals surface area contributed by atoms with E-state index in [9.17, 15) is 4.39 Å². The van der Waals surface area contributed by atoms with E-state index in [0.717, 1.165) is 5.69 Å². The third-order valence-electron chi connectivity index (χ3n) is 1.85. The Hall–Kier alpha value is -2.15. The minimum absolute atomic E-state index is 0.289. The zero-order valence-corrected chi connectivity index (χ0v) is 7.18. The van der Waals surface area contributed by atoms with Crippen LogP contribution >= 0.6 is 0 Å². The molecule has 2 rings (SSSR count). The van der Waals surface area contributed by atoms with E-state index in [0.29, 0.717) is 0 Å². The largest absolute Gasteiger partial charge is 0.291 e. The minimum Gasteiger partial charge on any atom is -0.291 e. The van der Waals surface area contributed by atoms with Crippen LogP contribution < -0.4 is 0 Å². The van der Waals surface area contributed by atoms with E-state index >= 15 is 0 Å². The van der Waals surface area contributed by atoms with E-state index in [1.165, 1.54) is 18.3 Å².